The van der Waals surface area contributed by atoms with Crippen LogP contribution in [0.2, 0.25) is 0 Å². The lowest BCUT2D eigenvalue weighted by molar-refractivity contribution is -0.118. The fraction of sp³-hybridized carbons (Fsp3) is 0.200. The molecule has 4 rings (SSSR count). The number of aromatic nitrogens is 2. The van der Waals surface area contributed by atoms with Crippen molar-refractivity contribution in [1.82, 2.24) is 9.97 Å². The van der Waals surface area contributed by atoms with Crippen LogP contribution in [-0.4, -0.2) is 22.5 Å². The Bertz CT molecular complexity index is 1380. The van der Waals surface area contributed by atoms with Gasteiger partial charge in [-0.05, 0) is 55.7 Å². The van der Waals surface area contributed by atoms with Gasteiger partial charge in [0.05, 0.1) is 0 Å². The van der Waals surface area contributed by atoms with Crippen molar-refractivity contribution in [1.29, 1.82) is 0 Å². The first-order valence-electron chi connectivity index (χ1n) is 10.6. The molecule has 2 aromatic carbocycles. The lowest BCUT2D eigenvalue weighted by Crippen LogP contribution is -2.21. The number of nitrogens with one attached hydrogen (secondary N) is 2. The van der Waals surface area contributed by atoms with Crippen LogP contribution in [0.1, 0.15) is 23.7 Å². The number of hydrogen-bond donors (Lipinski definition) is 2. The molecule has 168 valence electrons. The predicted octanol–water partition coefficient (Wildman–Crippen LogP) is 4.52. The number of anilines is 3. The number of benzene rings is 2. The number of rotatable bonds is 7. The van der Waals surface area contributed by atoms with E-state index in [1.165, 1.54) is 12.4 Å². The first-order chi connectivity index (χ1) is 15.9. The zero-order chi connectivity index (χ0) is 23.4. The smallest absolute Gasteiger partial charge is 0.336 e. The van der Waals surface area contributed by atoms with E-state index in [1.807, 2.05) is 45.0 Å². The van der Waals surface area contributed by atoms with Crippen molar-refractivity contribution < 1.29 is 13.9 Å². The molecule has 2 heterocycles. The number of amides is 1. The molecule has 0 aliphatic carbocycles. The summed E-state index contributed by atoms with van der Waals surface area (Å²) in [4.78, 5) is 32.5. The number of hydrogen-bond acceptors (Lipinski definition) is 7. The van der Waals surface area contributed by atoms with Gasteiger partial charge < -0.3 is 19.8 Å². The highest BCUT2D eigenvalue weighted by atomic mass is 16.5. The number of carbonyl (C=O) groups is 1. The average molecular weight is 444 g/mol. The Kier molecular flexibility index (Phi) is 6.35. The van der Waals surface area contributed by atoms with Gasteiger partial charge >= 0.3 is 5.63 Å². The van der Waals surface area contributed by atoms with Gasteiger partial charge in [-0.25, -0.2) is 14.8 Å². The van der Waals surface area contributed by atoms with Crippen LogP contribution in [0.5, 0.6) is 5.75 Å². The number of ether oxygens (including phenoxy) is 1. The van der Waals surface area contributed by atoms with E-state index in [2.05, 4.69) is 20.6 Å². The van der Waals surface area contributed by atoms with Gasteiger partial charge in [0.25, 0.3) is 5.91 Å². The molecular formula is C25H24N4O4. The molecule has 0 unspecified atom stereocenters. The summed E-state index contributed by atoms with van der Waals surface area (Å²) in [5, 5.41) is 6.96. The van der Waals surface area contributed by atoms with E-state index in [0.29, 0.717) is 22.8 Å². The van der Waals surface area contributed by atoms with Crippen molar-refractivity contribution in [2.45, 2.75) is 27.2 Å². The lowest BCUT2D eigenvalue weighted by atomic mass is 10.1. The molecule has 0 fully saturated rings. The van der Waals surface area contributed by atoms with Gasteiger partial charge in [-0.1, -0.05) is 13.0 Å². The standard InChI is InChI=1S/C25H24N4O4/c1-4-17-5-6-18(28-23-10-16(3)26-14-27-23)11-21(17)29-24(30)13-32-19-7-8-20-15(2)9-25(31)33-22(20)12-19/h5-12,14H,4,13H2,1-3H3,(H,29,30)(H,26,27,28). The third-order valence-electron chi connectivity index (χ3n) is 5.13. The minimum absolute atomic E-state index is 0.187. The summed E-state index contributed by atoms with van der Waals surface area (Å²) in [6.45, 7) is 5.57. The molecule has 8 heteroatoms. The molecule has 1 amide bonds. The van der Waals surface area contributed by atoms with E-state index in [4.69, 9.17) is 9.15 Å². The Balaban J connectivity index is 1.45. The highest BCUT2D eigenvalue weighted by Gasteiger charge is 2.10. The van der Waals surface area contributed by atoms with Crippen LogP contribution in [0.3, 0.4) is 0 Å². The molecule has 0 radical (unpaired) electrons. The third-order valence-corrected chi connectivity index (χ3v) is 5.13. The molecule has 0 spiro atoms. The predicted molar refractivity (Wildman–Crippen MR) is 127 cm³/mol. The maximum Gasteiger partial charge on any atom is 0.336 e. The monoisotopic (exact) mass is 444 g/mol. The molecule has 2 aromatic heterocycles. The topological polar surface area (TPSA) is 106 Å². The van der Waals surface area contributed by atoms with Crippen LogP contribution < -0.4 is 21.0 Å². The Morgan fingerprint density at radius 3 is 2.70 bits per heavy atom. The van der Waals surface area contributed by atoms with Crippen molar-refractivity contribution in [3.63, 3.8) is 0 Å². The van der Waals surface area contributed by atoms with E-state index in [1.54, 1.807) is 18.2 Å². The van der Waals surface area contributed by atoms with Crippen LogP contribution in [0, 0.1) is 13.8 Å². The maximum absolute atomic E-state index is 12.6. The van der Waals surface area contributed by atoms with E-state index in [-0.39, 0.29) is 12.5 Å². The molecular weight excluding hydrogens is 420 g/mol. The molecule has 0 aliphatic heterocycles. The summed E-state index contributed by atoms with van der Waals surface area (Å²) < 4.78 is 10.9. The van der Waals surface area contributed by atoms with Gasteiger partial charge in [0.2, 0.25) is 0 Å². The van der Waals surface area contributed by atoms with Crippen LogP contribution in [0.4, 0.5) is 17.2 Å². The molecule has 0 bridgehead atoms. The quantitative estimate of drug-likeness (QED) is 0.404. The second-order valence-corrected chi connectivity index (χ2v) is 7.64. The molecule has 0 saturated carbocycles. The number of fused-ring (bicyclic) bond motifs is 1. The molecule has 0 aliphatic rings. The largest absolute Gasteiger partial charge is 0.484 e. The van der Waals surface area contributed by atoms with Gasteiger partial charge in [0.15, 0.2) is 6.61 Å². The summed E-state index contributed by atoms with van der Waals surface area (Å²) in [7, 11) is 0. The first kappa shape index (κ1) is 22.0. The molecule has 4 aromatic rings. The highest BCUT2D eigenvalue weighted by molar-refractivity contribution is 5.93. The van der Waals surface area contributed by atoms with E-state index >= 15 is 0 Å². The second kappa shape index (κ2) is 9.52. The molecule has 8 nitrogen and oxygen atoms in total. The van der Waals surface area contributed by atoms with Gasteiger partial charge in [-0.15, -0.1) is 0 Å². The fourth-order valence-electron chi connectivity index (χ4n) is 3.48. The molecule has 33 heavy (non-hydrogen) atoms. The number of nitrogens with zero attached hydrogens (tertiary/aromatic N) is 2. The minimum atomic E-state index is -0.424. The summed E-state index contributed by atoms with van der Waals surface area (Å²) in [6.07, 6.45) is 2.25. The van der Waals surface area contributed by atoms with Crippen LogP contribution in [0.25, 0.3) is 11.0 Å². The number of carbonyl (C=O) groups excluding carboxylic acids is 1. The fourth-order valence-corrected chi connectivity index (χ4v) is 3.48. The van der Waals surface area contributed by atoms with Crippen molar-refractivity contribution in [2.75, 3.05) is 17.2 Å². The second-order valence-electron chi connectivity index (χ2n) is 7.64. The first-order valence-corrected chi connectivity index (χ1v) is 10.6. The Morgan fingerprint density at radius 1 is 1.06 bits per heavy atom. The van der Waals surface area contributed by atoms with E-state index in [9.17, 15) is 9.59 Å². The van der Waals surface area contributed by atoms with Gasteiger partial charge in [0.1, 0.15) is 23.5 Å². The van der Waals surface area contributed by atoms with Crippen LogP contribution in [0.15, 0.2) is 64.1 Å². The zero-order valence-electron chi connectivity index (χ0n) is 18.6. The maximum atomic E-state index is 12.6. The summed E-state index contributed by atoms with van der Waals surface area (Å²) in [6, 6.07) is 14.2. The van der Waals surface area contributed by atoms with E-state index < -0.39 is 5.63 Å². The van der Waals surface area contributed by atoms with Gasteiger partial charge in [-0.3, -0.25) is 4.79 Å². The Labute approximate surface area is 190 Å². The molecule has 0 saturated heterocycles. The van der Waals surface area contributed by atoms with E-state index in [0.717, 1.165) is 34.3 Å². The van der Waals surface area contributed by atoms with Crippen molar-refractivity contribution in [3.8, 4) is 5.75 Å². The van der Waals surface area contributed by atoms with Crippen molar-refractivity contribution in [3.05, 3.63) is 82.1 Å². The van der Waals surface area contributed by atoms with Gasteiger partial charge in [-0.2, -0.15) is 0 Å². The highest BCUT2D eigenvalue weighted by Crippen LogP contribution is 2.25. The molecule has 2 N–H and O–H groups in total. The molecule has 0 atom stereocenters. The van der Waals surface area contributed by atoms with Crippen LogP contribution in [-0.2, 0) is 11.2 Å². The van der Waals surface area contributed by atoms with Gasteiger partial charge in [0, 0.05) is 40.7 Å². The SMILES string of the molecule is CCc1ccc(Nc2cc(C)ncn2)cc1NC(=O)COc1ccc2c(C)cc(=O)oc2c1. The zero-order valence-corrected chi connectivity index (χ0v) is 18.6. The Morgan fingerprint density at radius 2 is 1.91 bits per heavy atom. The summed E-state index contributed by atoms with van der Waals surface area (Å²) >= 11 is 0. The van der Waals surface area contributed by atoms with Crippen molar-refractivity contribution in [2.24, 2.45) is 0 Å². The average Bonchev–Trinajstić information content (AvgIpc) is 2.77. The number of aryl methyl sites for hydroxylation is 3. The van der Waals surface area contributed by atoms with Crippen LogP contribution >= 0.6 is 0 Å². The van der Waals surface area contributed by atoms with Crippen molar-refractivity contribution >= 4 is 34.1 Å². The minimum Gasteiger partial charge on any atom is -0.484 e. The lowest BCUT2D eigenvalue weighted by Gasteiger charge is -2.14. The normalized spacial score (nSPS) is 10.8. The summed E-state index contributed by atoms with van der Waals surface area (Å²) in [5.74, 6) is 0.813. The Hall–Kier alpha value is -4.20. The third kappa shape index (κ3) is 5.35. The summed E-state index contributed by atoms with van der Waals surface area (Å²) in [5.41, 5.74) is 4.16.